The lowest BCUT2D eigenvalue weighted by molar-refractivity contribution is -0.123. The number of benzene rings is 2. The summed E-state index contributed by atoms with van der Waals surface area (Å²) in [5.41, 5.74) is 0.592. The molecule has 0 aromatic heterocycles. The van der Waals surface area contributed by atoms with Crippen molar-refractivity contribution in [2.75, 3.05) is 26.8 Å². The Morgan fingerprint density at radius 2 is 2.03 bits per heavy atom. The summed E-state index contributed by atoms with van der Waals surface area (Å²) in [6.45, 7) is 3.96. The molecule has 2 atom stereocenters. The van der Waals surface area contributed by atoms with Gasteiger partial charge in [-0.3, -0.25) is 4.79 Å². The highest BCUT2D eigenvalue weighted by molar-refractivity contribution is 6.32. The van der Waals surface area contributed by atoms with E-state index in [4.69, 9.17) is 21.1 Å². The lowest BCUT2D eigenvalue weighted by atomic mass is 9.73. The van der Waals surface area contributed by atoms with Gasteiger partial charge in [-0.2, -0.15) is 0 Å². The molecular formula is C26H34ClNO4. The standard InChI is InChI=1S/C26H34ClNO4/c1-3-20-10-4-5-14-24(20)32-25-22(12-8-13-23(25)27)26(30,15-6-7-17-31-2)21-11-9-16-28(18-21)19-29/h4-5,8,10,12-14,19,21,30H,3,6-7,9,11,15-18H2,1-2H3. The van der Waals surface area contributed by atoms with Crippen molar-refractivity contribution in [1.29, 1.82) is 0 Å². The number of carbonyl (C=O) groups excluding carboxylic acids is 1. The summed E-state index contributed by atoms with van der Waals surface area (Å²) >= 11 is 6.64. The van der Waals surface area contributed by atoms with Crippen molar-refractivity contribution in [1.82, 2.24) is 4.90 Å². The number of rotatable bonds is 11. The van der Waals surface area contributed by atoms with Gasteiger partial charge in [0.2, 0.25) is 6.41 Å². The Bertz CT molecular complexity index is 890. The van der Waals surface area contributed by atoms with Gasteiger partial charge in [-0.25, -0.2) is 0 Å². The summed E-state index contributed by atoms with van der Waals surface area (Å²) in [6.07, 6.45) is 5.58. The number of carbonyl (C=O) groups is 1. The summed E-state index contributed by atoms with van der Waals surface area (Å²) in [7, 11) is 1.68. The van der Waals surface area contributed by atoms with Gasteiger partial charge in [-0.1, -0.05) is 48.9 Å². The lowest BCUT2D eigenvalue weighted by Gasteiger charge is -2.42. The molecule has 32 heavy (non-hydrogen) atoms. The van der Waals surface area contributed by atoms with Crippen LogP contribution < -0.4 is 4.74 Å². The number of aryl methyl sites for hydroxylation is 1. The number of aliphatic hydroxyl groups is 1. The fraction of sp³-hybridized carbons (Fsp3) is 0.500. The number of nitrogens with zero attached hydrogens (tertiary/aromatic N) is 1. The number of hydrogen-bond donors (Lipinski definition) is 1. The third kappa shape index (κ3) is 5.64. The van der Waals surface area contributed by atoms with E-state index in [9.17, 15) is 9.90 Å². The molecule has 0 spiro atoms. The normalized spacial score (nSPS) is 18.2. The Hall–Kier alpha value is -2.08. The van der Waals surface area contributed by atoms with Crippen LogP contribution in [-0.4, -0.2) is 43.2 Å². The molecule has 6 heteroatoms. The van der Waals surface area contributed by atoms with Gasteiger partial charge in [0.25, 0.3) is 0 Å². The van der Waals surface area contributed by atoms with Crippen molar-refractivity contribution in [3.63, 3.8) is 0 Å². The fourth-order valence-electron chi connectivity index (χ4n) is 4.65. The average molecular weight is 460 g/mol. The first kappa shape index (κ1) is 24.6. The highest BCUT2D eigenvalue weighted by atomic mass is 35.5. The Balaban J connectivity index is 2.01. The number of halogens is 1. The predicted molar refractivity (Wildman–Crippen MR) is 127 cm³/mol. The van der Waals surface area contributed by atoms with E-state index in [1.54, 1.807) is 18.1 Å². The van der Waals surface area contributed by atoms with Crippen LogP contribution in [0.15, 0.2) is 42.5 Å². The van der Waals surface area contributed by atoms with Crippen LogP contribution >= 0.6 is 11.6 Å². The molecule has 1 N–H and O–H groups in total. The zero-order chi connectivity index (χ0) is 23.0. The van der Waals surface area contributed by atoms with E-state index in [0.29, 0.717) is 35.9 Å². The smallest absolute Gasteiger partial charge is 0.209 e. The third-order valence-corrected chi connectivity index (χ3v) is 6.73. The number of amides is 1. The van der Waals surface area contributed by atoms with Gasteiger partial charge in [0.05, 0.1) is 10.6 Å². The van der Waals surface area contributed by atoms with Crippen LogP contribution in [0.2, 0.25) is 5.02 Å². The third-order valence-electron chi connectivity index (χ3n) is 6.43. The largest absolute Gasteiger partial charge is 0.455 e. The molecule has 2 unspecified atom stereocenters. The molecule has 2 aromatic carbocycles. The molecule has 0 saturated carbocycles. The van der Waals surface area contributed by atoms with Crippen LogP contribution in [0.4, 0.5) is 0 Å². The molecule has 174 valence electrons. The average Bonchev–Trinajstić information content (AvgIpc) is 2.83. The first-order valence-corrected chi connectivity index (χ1v) is 11.9. The predicted octanol–water partition coefficient (Wildman–Crippen LogP) is 5.57. The maximum atomic E-state index is 12.2. The van der Waals surface area contributed by atoms with Crippen molar-refractivity contribution in [2.24, 2.45) is 5.92 Å². The van der Waals surface area contributed by atoms with Crippen molar-refractivity contribution in [3.05, 3.63) is 58.6 Å². The Morgan fingerprint density at radius 3 is 2.78 bits per heavy atom. The summed E-state index contributed by atoms with van der Waals surface area (Å²) in [5.74, 6) is 1.13. The van der Waals surface area contributed by atoms with Gasteiger partial charge in [-0.05, 0) is 56.2 Å². The minimum Gasteiger partial charge on any atom is -0.455 e. The molecule has 0 radical (unpaired) electrons. The zero-order valence-corrected chi connectivity index (χ0v) is 19.8. The van der Waals surface area contributed by atoms with E-state index in [1.807, 2.05) is 36.4 Å². The van der Waals surface area contributed by atoms with Crippen molar-refractivity contribution < 1.29 is 19.4 Å². The van der Waals surface area contributed by atoms with E-state index < -0.39 is 5.60 Å². The number of para-hydroxylation sites is 2. The molecule has 1 aliphatic heterocycles. The molecular weight excluding hydrogens is 426 g/mol. The van der Waals surface area contributed by atoms with Crippen LogP contribution in [0.3, 0.4) is 0 Å². The van der Waals surface area contributed by atoms with Crippen LogP contribution in [-0.2, 0) is 21.6 Å². The van der Waals surface area contributed by atoms with Crippen LogP contribution in [0.5, 0.6) is 11.5 Å². The minimum atomic E-state index is -1.17. The summed E-state index contributed by atoms with van der Waals surface area (Å²) in [6, 6.07) is 13.4. The maximum absolute atomic E-state index is 12.2. The number of likely N-dealkylation sites (tertiary alicyclic amines) is 1. The van der Waals surface area contributed by atoms with E-state index in [2.05, 4.69) is 6.92 Å². The molecule has 1 heterocycles. The van der Waals surface area contributed by atoms with Gasteiger partial charge < -0.3 is 19.5 Å². The number of unbranched alkanes of at least 4 members (excludes halogenated alkanes) is 1. The molecule has 2 aromatic rings. The molecule has 0 aliphatic carbocycles. The molecule has 1 amide bonds. The molecule has 0 bridgehead atoms. The quantitative estimate of drug-likeness (QED) is 0.352. The van der Waals surface area contributed by atoms with E-state index in [-0.39, 0.29) is 5.92 Å². The lowest BCUT2D eigenvalue weighted by Crippen LogP contribution is -2.46. The van der Waals surface area contributed by atoms with E-state index >= 15 is 0 Å². The summed E-state index contributed by atoms with van der Waals surface area (Å²) in [5, 5.41) is 12.7. The van der Waals surface area contributed by atoms with Gasteiger partial charge in [-0.15, -0.1) is 0 Å². The van der Waals surface area contributed by atoms with Gasteiger partial charge in [0, 0.05) is 38.3 Å². The first-order chi connectivity index (χ1) is 15.5. The van der Waals surface area contributed by atoms with Crippen LogP contribution in [0.1, 0.15) is 50.2 Å². The molecule has 3 rings (SSSR count). The second-order valence-corrected chi connectivity index (χ2v) is 8.90. The topological polar surface area (TPSA) is 59.0 Å². The van der Waals surface area contributed by atoms with Crippen molar-refractivity contribution in [2.45, 2.75) is 51.0 Å². The zero-order valence-electron chi connectivity index (χ0n) is 19.1. The Kier molecular flexibility index (Phi) is 8.97. The number of ether oxygens (including phenoxy) is 2. The Morgan fingerprint density at radius 1 is 1.22 bits per heavy atom. The Labute approximate surface area is 196 Å². The number of hydrogen-bond acceptors (Lipinski definition) is 4. The molecule has 1 aliphatic rings. The van der Waals surface area contributed by atoms with Crippen LogP contribution in [0, 0.1) is 5.92 Å². The fourth-order valence-corrected chi connectivity index (χ4v) is 4.86. The number of piperidine rings is 1. The highest BCUT2D eigenvalue weighted by Gasteiger charge is 2.42. The first-order valence-electron chi connectivity index (χ1n) is 11.5. The summed E-state index contributed by atoms with van der Waals surface area (Å²) < 4.78 is 11.6. The van der Waals surface area contributed by atoms with E-state index in [1.165, 1.54) is 0 Å². The number of methoxy groups -OCH3 is 1. The monoisotopic (exact) mass is 459 g/mol. The minimum absolute atomic E-state index is 0.105. The molecule has 5 nitrogen and oxygen atoms in total. The second-order valence-electron chi connectivity index (χ2n) is 8.49. The maximum Gasteiger partial charge on any atom is 0.209 e. The molecule has 1 saturated heterocycles. The molecule has 1 fully saturated rings. The van der Waals surface area contributed by atoms with Crippen molar-refractivity contribution >= 4 is 18.0 Å². The summed E-state index contributed by atoms with van der Waals surface area (Å²) in [4.78, 5) is 13.2. The van der Waals surface area contributed by atoms with Gasteiger partial charge in [0.1, 0.15) is 5.75 Å². The van der Waals surface area contributed by atoms with Crippen molar-refractivity contribution in [3.8, 4) is 11.5 Å². The van der Waals surface area contributed by atoms with E-state index in [0.717, 1.165) is 56.4 Å². The second kappa shape index (κ2) is 11.7. The van der Waals surface area contributed by atoms with Gasteiger partial charge in [0.15, 0.2) is 5.75 Å². The van der Waals surface area contributed by atoms with Gasteiger partial charge >= 0.3 is 0 Å². The SMILES string of the molecule is CCc1ccccc1Oc1c(Cl)cccc1C(O)(CCCCOC)C1CCCN(C=O)C1. The highest BCUT2D eigenvalue weighted by Crippen LogP contribution is 2.46. The van der Waals surface area contributed by atoms with Crippen LogP contribution in [0.25, 0.3) is 0 Å².